The number of ether oxygens (including phenoxy) is 2. The van der Waals surface area contributed by atoms with E-state index in [0.717, 1.165) is 0 Å². The van der Waals surface area contributed by atoms with Gasteiger partial charge in [-0.05, 0) is 12.1 Å². The largest absolute Gasteiger partial charge is 0.394 e. The van der Waals surface area contributed by atoms with Crippen molar-refractivity contribution in [1.82, 2.24) is 14.6 Å². The minimum Gasteiger partial charge on any atom is -0.394 e. The van der Waals surface area contributed by atoms with Crippen LogP contribution in [0.25, 0.3) is 5.52 Å². The first-order valence-electron chi connectivity index (χ1n) is 6.58. The van der Waals surface area contributed by atoms with Gasteiger partial charge in [0.2, 0.25) is 5.60 Å². The van der Waals surface area contributed by atoms with Crippen molar-refractivity contribution in [3.63, 3.8) is 0 Å². The molecule has 2 aromatic heterocycles. The average Bonchev–Trinajstić information content (AvgIpc) is 3.07. The molecule has 116 valence electrons. The highest BCUT2D eigenvalue weighted by atomic mass is 16.6. The van der Waals surface area contributed by atoms with Gasteiger partial charge < -0.3 is 25.4 Å². The molecule has 4 atom stereocenters. The fourth-order valence-electron chi connectivity index (χ4n) is 2.85. The normalized spacial score (nSPS) is 31.5. The summed E-state index contributed by atoms with van der Waals surface area (Å²) in [5, 5.41) is 33.3. The van der Waals surface area contributed by atoms with Crippen molar-refractivity contribution in [2.24, 2.45) is 0 Å². The van der Waals surface area contributed by atoms with Gasteiger partial charge in [-0.1, -0.05) is 0 Å². The van der Waals surface area contributed by atoms with Gasteiger partial charge in [0.1, 0.15) is 36.2 Å². The zero-order chi connectivity index (χ0) is 15.9. The number of aromatic nitrogens is 3. The van der Waals surface area contributed by atoms with Gasteiger partial charge in [0.05, 0.1) is 12.3 Å². The van der Waals surface area contributed by atoms with E-state index in [1.807, 2.05) is 6.07 Å². The summed E-state index contributed by atoms with van der Waals surface area (Å²) >= 11 is 0. The van der Waals surface area contributed by atoms with E-state index in [2.05, 4.69) is 10.1 Å². The highest BCUT2D eigenvalue weighted by molar-refractivity contribution is 5.66. The molecule has 0 aliphatic carbocycles. The van der Waals surface area contributed by atoms with Crippen LogP contribution in [0.3, 0.4) is 0 Å². The molecule has 3 heterocycles. The maximum absolute atomic E-state index is 10.2. The number of nitrogens with two attached hydrogens (primary N) is 1. The molecule has 0 spiro atoms. The smallest absolute Gasteiger partial charge is 0.225 e. The summed E-state index contributed by atoms with van der Waals surface area (Å²) in [6, 6.07) is 5.31. The van der Waals surface area contributed by atoms with Crippen LogP contribution in [0.1, 0.15) is 5.69 Å². The molecular formula is C13H15N5O4. The second-order valence-corrected chi connectivity index (χ2v) is 4.99. The average molecular weight is 305 g/mol. The van der Waals surface area contributed by atoms with Gasteiger partial charge in [-0.15, -0.1) is 0 Å². The standard InChI is InChI=1S/C13H15N5O4/c1-21-11-10(20)8(4-19)22-13(11,5-14)9-3-2-7-12(15)16-6-17-18(7)9/h2-3,6,8,10-11,19-20H,4H2,1H3,(H2,15,16,17)/t8-,10-,11-,13+/m1/s1. The van der Waals surface area contributed by atoms with Crippen molar-refractivity contribution in [2.45, 2.75) is 23.9 Å². The van der Waals surface area contributed by atoms with Crippen LogP contribution in [0.15, 0.2) is 18.5 Å². The van der Waals surface area contributed by atoms with Gasteiger partial charge in [0, 0.05) is 7.11 Å². The lowest BCUT2D eigenvalue weighted by molar-refractivity contribution is -0.0726. The van der Waals surface area contributed by atoms with Crippen LogP contribution in [-0.2, 0) is 15.1 Å². The summed E-state index contributed by atoms with van der Waals surface area (Å²) in [7, 11) is 1.36. The lowest BCUT2D eigenvalue weighted by Crippen LogP contribution is -2.42. The van der Waals surface area contributed by atoms with E-state index in [1.54, 1.807) is 12.1 Å². The highest BCUT2D eigenvalue weighted by Gasteiger charge is 2.58. The van der Waals surface area contributed by atoms with Crippen LogP contribution in [-0.4, -0.2) is 56.8 Å². The Morgan fingerprint density at radius 2 is 2.36 bits per heavy atom. The number of aliphatic hydroxyl groups is 2. The van der Waals surface area contributed by atoms with Gasteiger partial charge in [-0.2, -0.15) is 10.4 Å². The van der Waals surface area contributed by atoms with E-state index in [9.17, 15) is 15.5 Å². The minimum absolute atomic E-state index is 0.251. The van der Waals surface area contributed by atoms with E-state index >= 15 is 0 Å². The van der Waals surface area contributed by atoms with Crippen LogP contribution >= 0.6 is 0 Å². The van der Waals surface area contributed by atoms with Crippen LogP contribution in [0.4, 0.5) is 5.82 Å². The first kappa shape index (κ1) is 14.7. The molecule has 9 nitrogen and oxygen atoms in total. The molecule has 1 fully saturated rings. The topological polar surface area (TPSA) is 139 Å². The molecule has 0 aromatic carbocycles. The van der Waals surface area contributed by atoms with Gasteiger partial charge in [0.25, 0.3) is 0 Å². The molecule has 3 rings (SSSR count). The summed E-state index contributed by atoms with van der Waals surface area (Å²) in [5.41, 5.74) is 5.02. The van der Waals surface area contributed by atoms with E-state index < -0.39 is 30.5 Å². The summed E-state index contributed by atoms with van der Waals surface area (Å²) in [6.45, 7) is -0.440. The fourth-order valence-corrected chi connectivity index (χ4v) is 2.85. The number of rotatable bonds is 3. The number of methoxy groups -OCH3 is 1. The Bertz CT molecular complexity index is 742. The van der Waals surface area contributed by atoms with Crippen LogP contribution in [0, 0.1) is 11.3 Å². The lowest BCUT2D eigenvalue weighted by Gasteiger charge is -2.26. The molecule has 4 N–H and O–H groups in total. The predicted octanol–water partition coefficient (Wildman–Crippen LogP) is -1.20. The molecule has 0 bridgehead atoms. The SMILES string of the molecule is CO[C@@H]1[C@H](O)[C@@H](CO)O[C@@]1(C#N)c1ccc2c(N)ncnn12. The van der Waals surface area contributed by atoms with Crippen LogP contribution < -0.4 is 5.73 Å². The third kappa shape index (κ3) is 1.79. The molecule has 0 radical (unpaired) electrons. The number of fused-ring (bicyclic) bond motifs is 1. The maximum atomic E-state index is 10.2. The molecule has 0 saturated carbocycles. The Balaban J connectivity index is 2.21. The van der Waals surface area contributed by atoms with Crippen molar-refractivity contribution >= 4 is 11.3 Å². The Hall–Kier alpha value is -2.25. The molecule has 0 amide bonds. The van der Waals surface area contributed by atoms with E-state index in [0.29, 0.717) is 11.2 Å². The second-order valence-electron chi connectivity index (χ2n) is 4.99. The van der Waals surface area contributed by atoms with Crippen molar-refractivity contribution in [3.05, 3.63) is 24.2 Å². The summed E-state index contributed by atoms with van der Waals surface area (Å²) < 4.78 is 12.3. The number of aliphatic hydroxyl groups excluding tert-OH is 2. The molecule has 9 heteroatoms. The number of nitrogen functional groups attached to an aromatic ring is 1. The summed E-state index contributed by atoms with van der Waals surface area (Å²) in [4.78, 5) is 3.88. The monoisotopic (exact) mass is 305 g/mol. The zero-order valence-corrected chi connectivity index (χ0v) is 11.7. The number of anilines is 1. The third-order valence-electron chi connectivity index (χ3n) is 3.89. The highest BCUT2D eigenvalue weighted by Crippen LogP contribution is 2.41. The predicted molar refractivity (Wildman–Crippen MR) is 73.5 cm³/mol. The van der Waals surface area contributed by atoms with Gasteiger partial charge >= 0.3 is 0 Å². The molecule has 1 aliphatic heterocycles. The van der Waals surface area contributed by atoms with Crippen LogP contribution in [0.2, 0.25) is 0 Å². The molecule has 1 aliphatic rings. The van der Waals surface area contributed by atoms with Crippen molar-refractivity contribution in [2.75, 3.05) is 19.5 Å². The molecule has 2 aromatic rings. The first-order valence-corrected chi connectivity index (χ1v) is 6.58. The third-order valence-corrected chi connectivity index (χ3v) is 3.89. The van der Waals surface area contributed by atoms with Crippen molar-refractivity contribution < 1.29 is 19.7 Å². The summed E-state index contributed by atoms with van der Waals surface area (Å²) in [6.07, 6.45) is -1.81. The Kier molecular flexibility index (Phi) is 3.46. The first-order chi connectivity index (χ1) is 10.6. The quantitative estimate of drug-likeness (QED) is 0.642. The van der Waals surface area contributed by atoms with Gasteiger partial charge in [-0.3, -0.25) is 0 Å². The number of hydrogen-bond acceptors (Lipinski definition) is 8. The van der Waals surface area contributed by atoms with E-state index in [1.165, 1.54) is 18.0 Å². The maximum Gasteiger partial charge on any atom is 0.225 e. The second kappa shape index (κ2) is 5.19. The number of nitrogens with zero attached hydrogens (tertiary/aromatic N) is 4. The van der Waals surface area contributed by atoms with Crippen molar-refractivity contribution in [3.8, 4) is 6.07 Å². The minimum atomic E-state index is -1.62. The zero-order valence-electron chi connectivity index (χ0n) is 11.7. The van der Waals surface area contributed by atoms with Gasteiger partial charge in [0.15, 0.2) is 5.82 Å². The van der Waals surface area contributed by atoms with Crippen molar-refractivity contribution in [1.29, 1.82) is 5.26 Å². The fraction of sp³-hybridized carbons (Fsp3) is 0.462. The molecule has 1 saturated heterocycles. The Labute approximate surface area is 125 Å². The van der Waals surface area contributed by atoms with E-state index in [-0.39, 0.29) is 5.82 Å². The molecular weight excluding hydrogens is 290 g/mol. The Morgan fingerprint density at radius 1 is 1.59 bits per heavy atom. The van der Waals surface area contributed by atoms with E-state index in [4.69, 9.17) is 15.2 Å². The lowest BCUT2D eigenvalue weighted by atomic mass is 9.92. The van der Waals surface area contributed by atoms with Crippen LogP contribution in [0.5, 0.6) is 0 Å². The number of hydrogen-bond donors (Lipinski definition) is 3. The Morgan fingerprint density at radius 3 is 3.00 bits per heavy atom. The molecule has 22 heavy (non-hydrogen) atoms. The van der Waals surface area contributed by atoms with Gasteiger partial charge in [-0.25, -0.2) is 9.50 Å². The molecule has 0 unspecified atom stereocenters. The number of nitriles is 1. The summed E-state index contributed by atoms with van der Waals surface area (Å²) in [5.74, 6) is 0.251.